The molecule has 102 valence electrons. The number of rotatable bonds is 5. The summed E-state index contributed by atoms with van der Waals surface area (Å²) in [5.74, 6) is 0.0487. The molecule has 0 unspecified atom stereocenters. The van der Waals surface area contributed by atoms with Crippen LogP contribution in [0.4, 0.5) is 5.69 Å². The molecule has 0 bridgehead atoms. The molecule has 1 heterocycles. The third-order valence-electron chi connectivity index (χ3n) is 2.82. The van der Waals surface area contributed by atoms with Crippen molar-refractivity contribution in [1.82, 2.24) is 0 Å². The SMILES string of the molecule is CN(C)c1ccc(C=CC=CC(=O)c2cccs2)cc1. The van der Waals surface area contributed by atoms with Gasteiger partial charge in [0.05, 0.1) is 4.88 Å². The highest BCUT2D eigenvalue weighted by molar-refractivity contribution is 7.12. The number of thiophene rings is 1. The fourth-order valence-electron chi connectivity index (χ4n) is 1.69. The smallest absolute Gasteiger partial charge is 0.195 e. The first kappa shape index (κ1) is 14.3. The zero-order valence-corrected chi connectivity index (χ0v) is 12.4. The van der Waals surface area contributed by atoms with Gasteiger partial charge in [0, 0.05) is 19.8 Å². The summed E-state index contributed by atoms with van der Waals surface area (Å²) in [6, 6.07) is 12.0. The van der Waals surface area contributed by atoms with Gasteiger partial charge in [0.25, 0.3) is 0 Å². The first-order chi connectivity index (χ1) is 9.66. The van der Waals surface area contributed by atoms with E-state index in [1.54, 1.807) is 12.2 Å². The third-order valence-corrected chi connectivity index (χ3v) is 3.71. The number of carbonyl (C=O) groups excluding carboxylic acids is 1. The minimum atomic E-state index is 0.0487. The van der Waals surface area contributed by atoms with E-state index in [2.05, 4.69) is 29.2 Å². The molecule has 0 aliphatic rings. The van der Waals surface area contributed by atoms with Crippen LogP contribution in [0.2, 0.25) is 0 Å². The van der Waals surface area contributed by atoms with Crippen molar-refractivity contribution in [2.24, 2.45) is 0 Å². The molecule has 0 aliphatic carbocycles. The highest BCUT2D eigenvalue weighted by Crippen LogP contribution is 2.13. The Hall–Kier alpha value is -2.13. The molecule has 2 aromatic rings. The number of ketones is 1. The molecule has 3 heteroatoms. The summed E-state index contributed by atoms with van der Waals surface area (Å²) in [6.07, 6.45) is 7.24. The fraction of sp³-hybridized carbons (Fsp3) is 0.118. The summed E-state index contributed by atoms with van der Waals surface area (Å²) >= 11 is 1.46. The minimum absolute atomic E-state index is 0.0487. The molecule has 0 spiro atoms. The summed E-state index contributed by atoms with van der Waals surface area (Å²) in [5.41, 5.74) is 2.29. The second-order valence-corrected chi connectivity index (χ2v) is 5.49. The Kier molecular flexibility index (Phi) is 4.91. The third kappa shape index (κ3) is 3.93. The molecular weight excluding hydrogens is 266 g/mol. The maximum atomic E-state index is 11.7. The van der Waals surface area contributed by atoms with Gasteiger partial charge in [-0.1, -0.05) is 36.4 Å². The van der Waals surface area contributed by atoms with Crippen LogP contribution < -0.4 is 4.90 Å². The zero-order chi connectivity index (χ0) is 14.4. The van der Waals surface area contributed by atoms with Gasteiger partial charge in [0.15, 0.2) is 5.78 Å². The molecule has 1 aromatic carbocycles. The molecule has 0 atom stereocenters. The van der Waals surface area contributed by atoms with Crippen molar-refractivity contribution in [2.75, 3.05) is 19.0 Å². The molecular formula is C17H17NOS. The highest BCUT2D eigenvalue weighted by Gasteiger charge is 2.00. The van der Waals surface area contributed by atoms with Gasteiger partial charge in [-0.2, -0.15) is 0 Å². The van der Waals surface area contributed by atoms with E-state index < -0.39 is 0 Å². The summed E-state index contributed by atoms with van der Waals surface area (Å²) in [7, 11) is 4.04. The second-order valence-electron chi connectivity index (χ2n) is 4.55. The summed E-state index contributed by atoms with van der Waals surface area (Å²) < 4.78 is 0. The van der Waals surface area contributed by atoms with Crippen LogP contribution in [0.3, 0.4) is 0 Å². The van der Waals surface area contributed by atoms with Gasteiger partial charge in [-0.05, 0) is 35.2 Å². The first-order valence-corrected chi connectivity index (χ1v) is 7.25. The lowest BCUT2D eigenvalue weighted by Gasteiger charge is -2.11. The van der Waals surface area contributed by atoms with E-state index in [9.17, 15) is 4.79 Å². The normalized spacial score (nSPS) is 11.3. The summed E-state index contributed by atoms with van der Waals surface area (Å²) in [4.78, 5) is 14.6. The molecule has 0 saturated carbocycles. The molecule has 0 N–H and O–H groups in total. The van der Waals surface area contributed by atoms with Crippen LogP contribution >= 0.6 is 11.3 Å². The van der Waals surface area contributed by atoms with Crippen molar-refractivity contribution in [2.45, 2.75) is 0 Å². The van der Waals surface area contributed by atoms with Gasteiger partial charge in [-0.3, -0.25) is 4.79 Å². The van der Waals surface area contributed by atoms with Crippen molar-refractivity contribution in [3.8, 4) is 0 Å². The molecule has 0 saturated heterocycles. The standard InChI is InChI=1S/C17H17NOS/c1-18(2)15-11-9-14(10-12-15)6-3-4-7-16(19)17-8-5-13-20-17/h3-13H,1-2H3. The van der Waals surface area contributed by atoms with Gasteiger partial charge >= 0.3 is 0 Å². The van der Waals surface area contributed by atoms with E-state index in [1.165, 1.54) is 17.0 Å². The average molecular weight is 283 g/mol. The molecule has 20 heavy (non-hydrogen) atoms. The van der Waals surface area contributed by atoms with Crippen molar-refractivity contribution in [3.63, 3.8) is 0 Å². The van der Waals surface area contributed by atoms with E-state index in [-0.39, 0.29) is 5.78 Å². The quantitative estimate of drug-likeness (QED) is 0.464. The number of benzene rings is 1. The van der Waals surface area contributed by atoms with E-state index in [0.29, 0.717) is 0 Å². The molecule has 0 fully saturated rings. The number of nitrogens with zero attached hydrogens (tertiary/aromatic N) is 1. The van der Waals surface area contributed by atoms with Gasteiger partial charge in [-0.25, -0.2) is 0 Å². The Labute approximate surface area is 123 Å². The number of hydrogen-bond donors (Lipinski definition) is 0. The van der Waals surface area contributed by atoms with Crippen molar-refractivity contribution in [3.05, 3.63) is 70.4 Å². The van der Waals surface area contributed by atoms with Crippen LogP contribution in [0.5, 0.6) is 0 Å². The Bertz CT molecular complexity index is 607. The van der Waals surface area contributed by atoms with Crippen LogP contribution in [0.25, 0.3) is 6.08 Å². The minimum Gasteiger partial charge on any atom is -0.378 e. The highest BCUT2D eigenvalue weighted by atomic mass is 32.1. The first-order valence-electron chi connectivity index (χ1n) is 6.37. The lowest BCUT2D eigenvalue weighted by atomic mass is 10.2. The molecule has 0 radical (unpaired) electrons. The van der Waals surface area contributed by atoms with Crippen LogP contribution in [0.15, 0.2) is 60.0 Å². The summed E-state index contributed by atoms with van der Waals surface area (Å²) in [5, 5.41) is 1.91. The van der Waals surface area contributed by atoms with E-state index in [4.69, 9.17) is 0 Å². The van der Waals surface area contributed by atoms with Gasteiger partial charge < -0.3 is 4.90 Å². The van der Waals surface area contributed by atoms with E-state index in [1.807, 2.05) is 43.8 Å². The Morgan fingerprint density at radius 1 is 1.10 bits per heavy atom. The van der Waals surface area contributed by atoms with Gasteiger partial charge in [0.1, 0.15) is 0 Å². The second kappa shape index (κ2) is 6.87. The molecule has 2 rings (SSSR count). The number of allylic oxidation sites excluding steroid dienone is 3. The van der Waals surface area contributed by atoms with Crippen LogP contribution in [-0.2, 0) is 0 Å². The number of hydrogen-bond acceptors (Lipinski definition) is 3. The maximum Gasteiger partial charge on any atom is 0.195 e. The number of carbonyl (C=O) groups is 1. The lowest BCUT2D eigenvalue weighted by molar-refractivity contribution is 0.105. The largest absolute Gasteiger partial charge is 0.378 e. The van der Waals surface area contributed by atoms with E-state index >= 15 is 0 Å². The van der Waals surface area contributed by atoms with Crippen molar-refractivity contribution in [1.29, 1.82) is 0 Å². The van der Waals surface area contributed by atoms with Crippen LogP contribution in [0, 0.1) is 0 Å². The van der Waals surface area contributed by atoms with Crippen LogP contribution in [0.1, 0.15) is 15.2 Å². The topological polar surface area (TPSA) is 20.3 Å². The van der Waals surface area contributed by atoms with Gasteiger partial charge in [-0.15, -0.1) is 11.3 Å². The number of anilines is 1. The Morgan fingerprint density at radius 3 is 2.45 bits per heavy atom. The molecule has 2 nitrogen and oxygen atoms in total. The predicted molar refractivity (Wildman–Crippen MR) is 87.6 cm³/mol. The van der Waals surface area contributed by atoms with Crippen molar-refractivity contribution >= 4 is 28.9 Å². The van der Waals surface area contributed by atoms with Crippen molar-refractivity contribution < 1.29 is 4.79 Å². The van der Waals surface area contributed by atoms with Gasteiger partial charge in [0.2, 0.25) is 0 Å². The van der Waals surface area contributed by atoms with E-state index in [0.717, 1.165) is 10.4 Å². The Balaban J connectivity index is 1.94. The maximum absolute atomic E-state index is 11.7. The molecule has 1 aromatic heterocycles. The lowest BCUT2D eigenvalue weighted by Crippen LogP contribution is -2.07. The average Bonchev–Trinajstić information content (AvgIpc) is 2.98. The predicted octanol–water partition coefficient (Wildman–Crippen LogP) is 4.27. The molecule has 0 aliphatic heterocycles. The van der Waals surface area contributed by atoms with Crippen LogP contribution in [-0.4, -0.2) is 19.9 Å². The fourth-order valence-corrected chi connectivity index (χ4v) is 2.34. The zero-order valence-electron chi connectivity index (χ0n) is 11.6. The molecule has 0 amide bonds. The summed E-state index contributed by atoms with van der Waals surface area (Å²) in [6.45, 7) is 0. The Morgan fingerprint density at radius 2 is 1.85 bits per heavy atom. The monoisotopic (exact) mass is 283 g/mol.